The number of rotatable bonds is 3. The lowest BCUT2D eigenvalue weighted by molar-refractivity contribution is 0.0972. The molecule has 0 radical (unpaired) electrons. The van der Waals surface area contributed by atoms with Crippen molar-refractivity contribution in [1.29, 1.82) is 0 Å². The first kappa shape index (κ1) is 14.5. The van der Waals surface area contributed by atoms with E-state index in [1.54, 1.807) is 0 Å². The Kier molecular flexibility index (Phi) is 5.31. The number of hydrogen-bond acceptors (Lipinski definition) is 1. The average Bonchev–Trinajstić information content (AvgIpc) is 2.18. The molecular weight excluding hydrogens is 262 g/mol. The number of alkyl halides is 1. The summed E-state index contributed by atoms with van der Waals surface area (Å²) in [6.07, 6.45) is 1.38. The highest BCUT2D eigenvalue weighted by atomic mass is 79.9. The Morgan fingerprint density at radius 2 is 1.88 bits per heavy atom. The highest BCUT2D eigenvalue weighted by Gasteiger charge is 2.29. The zero-order valence-electron chi connectivity index (χ0n) is 11.6. The second-order valence-corrected chi connectivity index (χ2v) is 7.37. The van der Waals surface area contributed by atoms with Crippen LogP contribution in [-0.2, 0) is 0 Å². The van der Waals surface area contributed by atoms with E-state index in [0.717, 1.165) is 23.1 Å². The first-order valence-corrected chi connectivity index (χ1v) is 7.75. The molecule has 0 aromatic carbocycles. The molecule has 96 valence electrons. The van der Waals surface area contributed by atoms with Gasteiger partial charge in [-0.25, -0.2) is 0 Å². The van der Waals surface area contributed by atoms with Crippen LogP contribution in [0.25, 0.3) is 0 Å². The van der Waals surface area contributed by atoms with Crippen LogP contribution in [0.15, 0.2) is 0 Å². The van der Waals surface area contributed by atoms with Gasteiger partial charge in [-0.05, 0) is 36.1 Å². The van der Waals surface area contributed by atoms with E-state index >= 15 is 0 Å². The molecule has 16 heavy (non-hydrogen) atoms. The van der Waals surface area contributed by atoms with Crippen LogP contribution in [0.3, 0.4) is 0 Å². The van der Waals surface area contributed by atoms with Gasteiger partial charge in [-0.15, -0.1) is 0 Å². The third kappa shape index (κ3) is 4.03. The number of likely N-dealkylation sites (tertiary alicyclic amines) is 1. The fourth-order valence-corrected chi connectivity index (χ4v) is 3.56. The summed E-state index contributed by atoms with van der Waals surface area (Å²) >= 11 is 3.68. The summed E-state index contributed by atoms with van der Waals surface area (Å²) in [5.74, 6) is 2.53. The van der Waals surface area contributed by atoms with Gasteiger partial charge in [0, 0.05) is 18.4 Å². The van der Waals surface area contributed by atoms with Crippen molar-refractivity contribution < 1.29 is 0 Å². The van der Waals surface area contributed by atoms with Gasteiger partial charge in [0.2, 0.25) is 0 Å². The minimum atomic E-state index is 0.413. The third-order valence-electron chi connectivity index (χ3n) is 4.31. The SMILES string of the molecule is CC1CCN(CC(CBr)C(C)(C)C)CC1C. The van der Waals surface area contributed by atoms with Gasteiger partial charge in [0.05, 0.1) is 0 Å². The zero-order chi connectivity index (χ0) is 12.3. The van der Waals surface area contributed by atoms with E-state index in [1.807, 2.05) is 0 Å². The highest BCUT2D eigenvalue weighted by molar-refractivity contribution is 9.09. The minimum absolute atomic E-state index is 0.413. The van der Waals surface area contributed by atoms with Gasteiger partial charge in [0.15, 0.2) is 0 Å². The smallest absolute Gasteiger partial charge is 0.00768 e. The van der Waals surface area contributed by atoms with Crippen molar-refractivity contribution >= 4 is 15.9 Å². The highest BCUT2D eigenvalue weighted by Crippen LogP contribution is 2.30. The molecule has 0 aliphatic carbocycles. The number of halogens is 1. The van der Waals surface area contributed by atoms with Gasteiger partial charge in [-0.2, -0.15) is 0 Å². The first-order valence-electron chi connectivity index (χ1n) is 6.63. The summed E-state index contributed by atoms with van der Waals surface area (Å²) in [5, 5.41) is 1.12. The molecule has 3 unspecified atom stereocenters. The lowest BCUT2D eigenvalue weighted by Gasteiger charge is -2.40. The second-order valence-electron chi connectivity index (χ2n) is 6.72. The van der Waals surface area contributed by atoms with E-state index in [2.05, 4.69) is 55.4 Å². The quantitative estimate of drug-likeness (QED) is 0.710. The minimum Gasteiger partial charge on any atom is -0.303 e. The Morgan fingerprint density at radius 1 is 1.25 bits per heavy atom. The fraction of sp³-hybridized carbons (Fsp3) is 1.00. The van der Waals surface area contributed by atoms with E-state index < -0.39 is 0 Å². The van der Waals surface area contributed by atoms with Crippen LogP contribution in [0, 0.1) is 23.2 Å². The predicted molar refractivity (Wildman–Crippen MR) is 76.1 cm³/mol. The number of nitrogens with zero attached hydrogens (tertiary/aromatic N) is 1. The van der Waals surface area contributed by atoms with Gasteiger partial charge in [0.1, 0.15) is 0 Å². The molecule has 2 heteroatoms. The molecule has 0 saturated carbocycles. The van der Waals surface area contributed by atoms with Crippen molar-refractivity contribution in [3.05, 3.63) is 0 Å². The summed E-state index contributed by atoms with van der Waals surface area (Å²) in [4.78, 5) is 2.67. The van der Waals surface area contributed by atoms with E-state index in [0.29, 0.717) is 5.41 Å². The summed E-state index contributed by atoms with van der Waals surface area (Å²) in [6.45, 7) is 15.7. The first-order chi connectivity index (χ1) is 7.34. The van der Waals surface area contributed by atoms with Crippen molar-refractivity contribution in [3.8, 4) is 0 Å². The van der Waals surface area contributed by atoms with Crippen LogP contribution < -0.4 is 0 Å². The Balaban J connectivity index is 2.47. The standard InChI is InChI=1S/C14H28BrN/c1-11-6-7-16(9-12(11)2)10-13(8-15)14(3,4)5/h11-13H,6-10H2,1-5H3. The maximum atomic E-state index is 3.68. The van der Waals surface area contributed by atoms with Crippen molar-refractivity contribution in [3.63, 3.8) is 0 Å². The Labute approximate surface area is 110 Å². The van der Waals surface area contributed by atoms with Gasteiger partial charge in [-0.1, -0.05) is 50.5 Å². The van der Waals surface area contributed by atoms with Gasteiger partial charge >= 0.3 is 0 Å². The topological polar surface area (TPSA) is 3.24 Å². The molecule has 0 N–H and O–H groups in total. The average molecular weight is 290 g/mol. The lowest BCUT2D eigenvalue weighted by Crippen LogP contribution is -2.43. The second kappa shape index (κ2) is 5.86. The van der Waals surface area contributed by atoms with Gasteiger partial charge in [0.25, 0.3) is 0 Å². The predicted octanol–water partition coefficient (Wildman–Crippen LogP) is 4.02. The largest absolute Gasteiger partial charge is 0.303 e. The summed E-state index contributed by atoms with van der Waals surface area (Å²) in [7, 11) is 0. The molecule has 0 amide bonds. The maximum Gasteiger partial charge on any atom is 0.00768 e. The normalized spacial score (nSPS) is 30.4. The van der Waals surface area contributed by atoms with E-state index in [9.17, 15) is 0 Å². The zero-order valence-corrected chi connectivity index (χ0v) is 13.2. The molecule has 1 nitrogen and oxygen atoms in total. The van der Waals surface area contributed by atoms with Crippen molar-refractivity contribution in [2.24, 2.45) is 23.2 Å². The molecule has 0 spiro atoms. The molecule has 1 rings (SSSR count). The molecule has 1 aliphatic rings. The summed E-state index contributed by atoms with van der Waals surface area (Å²) < 4.78 is 0. The molecule has 1 heterocycles. The molecule has 3 atom stereocenters. The molecular formula is C14H28BrN. The van der Waals surface area contributed by atoms with E-state index in [1.165, 1.54) is 26.1 Å². The number of hydrogen-bond donors (Lipinski definition) is 0. The van der Waals surface area contributed by atoms with Crippen LogP contribution in [0.2, 0.25) is 0 Å². The lowest BCUT2D eigenvalue weighted by atomic mass is 9.80. The Morgan fingerprint density at radius 3 is 2.31 bits per heavy atom. The number of piperidine rings is 1. The fourth-order valence-electron chi connectivity index (χ4n) is 2.38. The molecule has 0 aromatic rings. The monoisotopic (exact) mass is 289 g/mol. The van der Waals surface area contributed by atoms with Crippen LogP contribution in [-0.4, -0.2) is 29.9 Å². The van der Waals surface area contributed by atoms with Crippen LogP contribution in [0.4, 0.5) is 0 Å². The molecule has 0 bridgehead atoms. The van der Waals surface area contributed by atoms with Crippen LogP contribution in [0.5, 0.6) is 0 Å². The summed E-state index contributed by atoms with van der Waals surface area (Å²) in [5.41, 5.74) is 0.413. The van der Waals surface area contributed by atoms with Gasteiger partial charge < -0.3 is 4.90 Å². The van der Waals surface area contributed by atoms with E-state index in [-0.39, 0.29) is 0 Å². The summed E-state index contributed by atoms with van der Waals surface area (Å²) in [6, 6.07) is 0. The third-order valence-corrected chi connectivity index (χ3v) is 5.09. The molecule has 1 fully saturated rings. The maximum absolute atomic E-state index is 3.68. The van der Waals surface area contributed by atoms with Crippen molar-refractivity contribution in [2.75, 3.05) is 25.0 Å². The van der Waals surface area contributed by atoms with E-state index in [4.69, 9.17) is 0 Å². The van der Waals surface area contributed by atoms with Crippen molar-refractivity contribution in [1.82, 2.24) is 4.90 Å². The molecule has 0 aromatic heterocycles. The Bertz CT molecular complexity index is 209. The van der Waals surface area contributed by atoms with Crippen LogP contribution >= 0.6 is 15.9 Å². The Hall–Kier alpha value is 0.440. The van der Waals surface area contributed by atoms with Gasteiger partial charge in [-0.3, -0.25) is 0 Å². The van der Waals surface area contributed by atoms with Crippen molar-refractivity contribution in [2.45, 2.75) is 41.0 Å². The molecule has 1 saturated heterocycles. The van der Waals surface area contributed by atoms with Crippen LogP contribution in [0.1, 0.15) is 41.0 Å². The molecule has 1 aliphatic heterocycles.